The maximum Gasteiger partial charge on any atom is 0.275 e. The number of rotatable bonds is 10. The molecule has 0 unspecified atom stereocenters. The lowest BCUT2D eigenvalue weighted by Crippen LogP contribution is -3.00. The summed E-state index contributed by atoms with van der Waals surface area (Å²) < 4.78 is 3.06. The molecule has 40 heavy (non-hydrogen) atoms. The highest BCUT2D eigenvalue weighted by molar-refractivity contribution is 6.23. The molecule has 0 aliphatic carbocycles. The van der Waals surface area contributed by atoms with E-state index in [1.54, 1.807) is 0 Å². The van der Waals surface area contributed by atoms with Gasteiger partial charge in [0.1, 0.15) is 5.82 Å². The van der Waals surface area contributed by atoms with E-state index < -0.39 is 0 Å². The first-order chi connectivity index (χ1) is 18.8. The molecule has 0 radical (unpaired) electrons. The Kier molecular flexibility index (Phi) is 9.16. The van der Waals surface area contributed by atoms with Crippen molar-refractivity contribution in [1.82, 2.24) is 14.9 Å². The van der Waals surface area contributed by atoms with Crippen molar-refractivity contribution in [2.75, 3.05) is 52.7 Å². The molecule has 6 nitrogen and oxygen atoms in total. The number of quaternary nitrogens is 1. The van der Waals surface area contributed by atoms with E-state index in [1.807, 2.05) is 0 Å². The molecule has 5 rings (SSSR count). The van der Waals surface area contributed by atoms with Gasteiger partial charge in [-0.25, -0.2) is 4.98 Å². The fourth-order valence-electron chi connectivity index (χ4n) is 5.55. The van der Waals surface area contributed by atoms with Gasteiger partial charge in [-0.3, -0.25) is 4.79 Å². The quantitative estimate of drug-likeness (QED) is 0.198. The standard InChI is InChI=1S/C33H39N5O.BrH/c1-6-20-34-30(39)23-38(4,5)22-11-21-37-32-29-15-10-8-13-27(29)26-12-7-9-14-28(26)31(32)35-33(37)24-16-18-25(19-17-24)36(2)3;/h7-10,12-19H,6,11,20-23H2,1-5H3;1H. The Morgan fingerprint density at radius 3 is 2.12 bits per heavy atom. The van der Waals surface area contributed by atoms with E-state index in [-0.39, 0.29) is 22.9 Å². The molecule has 4 aromatic carbocycles. The summed E-state index contributed by atoms with van der Waals surface area (Å²) in [5.41, 5.74) is 4.50. The van der Waals surface area contributed by atoms with Gasteiger partial charge in [-0.05, 0) is 41.5 Å². The van der Waals surface area contributed by atoms with E-state index in [2.05, 4.69) is 123 Å². The molecular weight excluding hydrogens is 562 g/mol. The molecule has 1 aromatic heterocycles. The van der Waals surface area contributed by atoms with Gasteiger partial charge >= 0.3 is 0 Å². The maximum atomic E-state index is 12.4. The van der Waals surface area contributed by atoms with E-state index >= 15 is 0 Å². The summed E-state index contributed by atoms with van der Waals surface area (Å²) in [6.45, 7) is 5.01. The number of aryl methyl sites for hydroxylation is 1. The fraction of sp³-hybridized carbons (Fsp3) is 0.333. The van der Waals surface area contributed by atoms with Crippen LogP contribution in [0.1, 0.15) is 19.8 Å². The number of amides is 1. The predicted molar refractivity (Wildman–Crippen MR) is 164 cm³/mol. The second kappa shape index (κ2) is 12.4. The van der Waals surface area contributed by atoms with Crippen LogP contribution in [0.3, 0.4) is 0 Å². The normalized spacial score (nSPS) is 11.6. The topological polar surface area (TPSA) is 50.2 Å². The van der Waals surface area contributed by atoms with Gasteiger partial charge in [0.05, 0.1) is 31.7 Å². The maximum absolute atomic E-state index is 12.4. The highest BCUT2D eigenvalue weighted by Crippen LogP contribution is 2.37. The lowest BCUT2D eigenvalue weighted by atomic mass is 10.00. The number of fused-ring (bicyclic) bond motifs is 6. The largest absolute Gasteiger partial charge is 1.00 e. The highest BCUT2D eigenvalue weighted by Gasteiger charge is 2.22. The van der Waals surface area contributed by atoms with Crippen molar-refractivity contribution in [2.45, 2.75) is 26.3 Å². The zero-order valence-electron chi connectivity index (χ0n) is 24.2. The van der Waals surface area contributed by atoms with Crippen LogP contribution in [0, 0.1) is 0 Å². The zero-order valence-corrected chi connectivity index (χ0v) is 25.8. The number of nitrogens with zero attached hydrogens (tertiary/aromatic N) is 4. The van der Waals surface area contributed by atoms with Crippen molar-refractivity contribution in [3.05, 3.63) is 72.8 Å². The van der Waals surface area contributed by atoms with Crippen LogP contribution in [0.25, 0.3) is 44.0 Å². The third-order valence-electron chi connectivity index (χ3n) is 7.55. The Bertz CT molecular complexity index is 1620. The van der Waals surface area contributed by atoms with Gasteiger partial charge in [0, 0.05) is 55.6 Å². The van der Waals surface area contributed by atoms with Crippen LogP contribution in [0.15, 0.2) is 72.8 Å². The molecule has 210 valence electrons. The van der Waals surface area contributed by atoms with Crippen LogP contribution in [-0.2, 0) is 11.3 Å². The molecule has 1 amide bonds. The number of nitrogens with one attached hydrogen (secondary N) is 1. The van der Waals surface area contributed by atoms with Gasteiger partial charge < -0.3 is 36.2 Å². The molecule has 0 saturated heterocycles. The fourth-order valence-corrected chi connectivity index (χ4v) is 5.55. The van der Waals surface area contributed by atoms with Gasteiger partial charge in [0.15, 0.2) is 6.54 Å². The van der Waals surface area contributed by atoms with Crippen LogP contribution < -0.4 is 27.2 Å². The number of aromatic nitrogens is 2. The van der Waals surface area contributed by atoms with Crippen molar-refractivity contribution in [1.29, 1.82) is 0 Å². The molecule has 0 fully saturated rings. The number of anilines is 1. The van der Waals surface area contributed by atoms with Crippen LogP contribution in [0.5, 0.6) is 0 Å². The van der Waals surface area contributed by atoms with E-state index in [0.29, 0.717) is 11.0 Å². The number of carbonyl (C=O) groups is 1. The monoisotopic (exact) mass is 601 g/mol. The SMILES string of the molecule is CCCNC(=O)C[N+](C)(C)CCCn1c(-c2ccc(N(C)C)cc2)nc2c3ccccc3c3ccccc3c21.[Br-]. The highest BCUT2D eigenvalue weighted by atomic mass is 79.9. The Morgan fingerprint density at radius 1 is 0.900 bits per heavy atom. The molecule has 0 aliphatic heterocycles. The number of imidazole rings is 1. The van der Waals surface area contributed by atoms with E-state index in [4.69, 9.17) is 4.98 Å². The summed E-state index contributed by atoms with van der Waals surface area (Å²) >= 11 is 0. The predicted octanol–water partition coefficient (Wildman–Crippen LogP) is 3.07. The minimum atomic E-state index is 0. The Hall–Kier alpha value is -3.42. The summed E-state index contributed by atoms with van der Waals surface area (Å²) in [5.74, 6) is 1.11. The minimum Gasteiger partial charge on any atom is -1.00 e. The molecule has 0 bridgehead atoms. The molecule has 0 spiro atoms. The smallest absolute Gasteiger partial charge is 0.275 e. The van der Waals surface area contributed by atoms with Crippen LogP contribution in [0.4, 0.5) is 5.69 Å². The summed E-state index contributed by atoms with van der Waals surface area (Å²) in [6, 6.07) is 25.9. The molecule has 7 heteroatoms. The van der Waals surface area contributed by atoms with Crippen LogP contribution >= 0.6 is 0 Å². The number of hydrogen-bond acceptors (Lipinski definition) is 3. The Balaban J connectivity index is 0.00000370. The molecular formula is C33H40BrN5O. The second-order valence-corrected chi connectivity index (χ2v) is 11.3. The number of carbonyl (C=O) groups excluding carboxylic acids is 1. The number of likely N-dealkylation sites (N-methyl/N-ethyl adjacent to an activating group) is 1. The summed E-state index contributed by atoms with van der Waals surface area (Å²) in [7, 11) is 8.40. The summed E-state index contributed by atoms with van der Waals surface area (Å²) in [6.07, 6.45) is 1.89. The van der Waals surface area contributed by atoms with E-state index in [0.717, 1.165) is 55.1 Å². The van der Waals surface area contributed by atoms with Crippen molar-refractivity contribution in [3.8, 4) is 11.4 Å². The van der Waals surface area contributed by atoms with Crippen molar-refractivity contribution in [3.63, 3.8) is 0 Å². The Morgan fingerprint density at radius 2 is 1.50 bits per heavy atom. The van der Waals surface area contributed by atoms with E-state index in [9.17, 15) is 4.79 Å². The van der Waals surface area contributed by atoms with Gasteiger partial charge in [0.25, 0.3) is 5.91 Å². The molecule has 1 N–H and O–H groups in total. The third-order valence-corrected chi connectivity index (χ3v) is 7.55. The second-order valence-electron chi connectivity index (χ2n) is 11.3. The summed E-state index contributed by atoms with van der Waals surface area (Å²) in [5, 5.41) is 7.91. The zero-order chi connectivity index (χ0) is 27.6. The van der Waals surface area contributed by atoms with Gasteiger partial charge in [-0.15, -0.1) is 0 Å². The lowest BCUT2D eigenvalue weighted by molar-refractivity contribution is -0.882. The number of benzene rings is 4. The first-order valence-corrected chi connectivity index (χ1v) is 13.9. The number of hydrogen-bond donors (Lipinski definition) is 1. The van der Waals surface area contributed by atoms with Gasteiger partial charge in [-0.1, -0.05) is 55.5 Å². The molecule has 0 aliphatic rings. The van der Waals surface area contributed by atoms with Crippen molar-refractivity contribution < 1.29 is 26.3 Å². The van der Waals surface area contributed by atoms with Crippen LogP contribution in [0.2, 0.25) is 0 Å². The molecule has 0 atom stereocenters. The average molecular weight is 603 g/mol. The first-order valence-electron chi connectivity index (χ1n) is 13.9. The Labute approximate surface area is 248 Å². The van der Waals surface area contributed by atoms with Crippen LogP contribution in [-0.4, -0.2) is 67.8 Å². The van der Waals surface area contributed by atoms with Gasteiger partial charge in [-0.2, -0.15) is 0 Å². The number of halogens is 1. The van der Waals surface area contributed by atoms with E-state index in [1.165, 1.54) is 27.1 Å². The molecule has 1 heterocycles. The van der Waals surface area contributed by atoms with Gasteiger partial charge in [0.2, 0.25) is 0 Å². The third kappa shape index (κ3) is 6.01. The minimum absolute atomic E-state index is 0. The average Bonchev–Trinajstić information content (AvgIpc) is 3.31. The summed E-state index contributed by atoms with van der Waals surface area (Å²) in [4.78, 5) is 19.9. The van der Waals surface area contributed by atoms with Crippen molar-refractivity contribution >= 4 is 44.2 Å². The lowest BCUT2D eigenvalue weighted by Gasteiger charge is -2.29. The first kappa shape index (κ1) is 29.6. The van der Waals surface area contributed by atoms with Crippen molar-refractivity contribution in [2.24, 2.45) is 0 Å². The molecule has 0 saturated carbocycles. The molecule has 5 aromatic rings.